The minimum Gasteiger partial charge on any atom is -0.465 e. The topological polar surface area (TPSA) is 43.3 Å². The van der Waals surface area contributed by atoms with E-state index < -0.39 is 0 Å². The van der Waals surface area contributed by atoms with Gasteiger partial charge < -0.3 is 9.30 Å². The van der Waals surface area contributed by atoms with E-state index in [4.69, 9.17) is 4.74 Å². The molecule has 1 aromatic heterocycles. The molecule has 0 amide bonds. The van der Waals surface area contributed by atoms with Gasteiger partial charge in [0.25, 0.3) is 0 Å². The number of hydrogen-bond acceptors (Lipinski definition) is 4. The predicted octanol–water partition coefficient (Wildman–Crippen LogP) is 4.35. The maximum Gasteiger partial charge on any atom is 0.325 e. The van der Waals surface area contributed by atoms with Crippen LogP contribution in [0.25, 0.3) is 10.9 Å². The molecule has 0 saturated heterocycles. The fourth-order valence-electron chi connectivity index (χ4n) is 3.66. The molecule has 3 aromatic rings. The predicted molar refractivity (Wildman–Crippen MR) is 105 cm³/mol. The zero-order chi connectivity index (χ0) is 19.0. The largest absolute Gasteiger partial charge is 0.465 e. The van der Waals surface area contributed by atoms with Crippen molar-refractivity contribution in [2.45, 2.75) is 38.3 Å². The van der Waals surface area contributed by atoms with Gasteiger partial charge in [-0.05, 0) is 73.2 Å². The van der Waals surface area contributed by atoms with Crippen LogP contribution >= 0.6 is 11.9 Å². The van der Waals surface area contributed by atoms with Gasteiger partial charge in [0.2, 0.25) is 0 Å². The molecule has 0 atom stereocenters. The van der Waals surface area contributed by atoms with E-state index in [1.165, 1.54) is 22.1 Å². The van der Waals surface area contributed by atoms with Crippen molar-refractivity contribution in [2.24, 2.45) is 0 Å². The SMILES string of the molecule is CCOC(=O)Cn1c(C)c(Cc2ccc3c(c2)CNS3)c2cc(F)ccc21. The standard InChI is InChI=1S/C21H21FN2O2S/c1-3-26-21(25)12-24-13(2)17(18-10-16(22)5-6-19(18)24)9-14-4-7-20-15(8-14)11-23-27-20/h4-8,10,23H,3,9,11-12H2,1-2H3. The van der Waals surface area contributed by atoms with Crippen molar-refractivity contribution in [3.05, 3.63) is 64.6 Å². The van der Waals surface area contributed by atoms with Gasteiger partial charge in [-0.3, -0.25) is 9.52 Å². The number of hydrogen-bond donors (Lipinski definition) is 1. The molecule has 4 rings (SSSR count). The second kappa shape index (κ2) is 7.37. The number of nitrogens with zero attached hydrogens (tertiary/aromatic N) is 1. The van der Waals surface area contributed by atoms with Crippen LogP contribution in [-0.2, 0) is 29.0 Å². The van der Waals surface area contributed by atoms with E-state index in [2.05, 4.69) is 22.9 Å². The van der Waals surface area contributed by atoms with Crippen LogP contribution in [0.2, 0.25) is 0 Å². The number of fused-ring (bicyclic) bond motifs is 2. The molecule has 1 aliphatic rings. The van der Waals surface area contributed by atoms with Crippen molar-refractivity contribution in [3.63, 3.8) is 0 Å². The molecule has 0 spiro atoms. The van der Waals surface area contributed by atoms with E-state index in [0.717, 1.165) is 28.7 Å². The zero-order valence-electron chi connectivity index (χ0n) is 15.3. The third-order valence-corrected chi connectivity index (χ3v) is 5.87. The smallest absolute Gasteiger partial charge is 0.325 e. The molecule has 2 aromatic carbocycles. The number of halogens is 1. The molecule has 0 fully saturated rings. The Hall–Kier alpha value is -2.31. The summed E-state index contributed by atoms with van der Waals surface area (Å²) in [5.41, 5.74) is 5.34. The first kappa shape index (κ1) is 18.1. The van der Waals surface area contributed by atoms with Crippen LogP contribution in [0.15, 0.2) is 41.3 Å². The Morgan fingerprint density at radius 3 is 2.96 bits per heavy atom. The molecule has 0 unspecified atom stereocenters. The van der Waals surface area contributed by atoms with Crippen LogP contribution in [0.1, 0.15) is 29.3 Å². The first-order valence-corrected chi connectivity index (χ1v) is 9.83. The molecule has 27 heavy (non-hydrogen) atoms. The van der Waals surface area contributed by atoms with Gasteiger partial charge in [0.15, 0.2) is 0 Å². The summed E-state index contributed by atoms with van der Waals surface area (Å²) < 4.78 is 24.3. The third kappa shape index (κ3) is 3.47. The minimum atomic E-state index is -0.283. The van der Waals surface area contributed by atoms with E-state index in [0.29, 0.717) is 13.0 Å². The number of nitrogens with one attached hydrogen (secondary N) is 1. The van der Waals surface area contributed by atoms with Crippen molar-refractivity contribution >= 4 is 28.8 Å². The summed E-state index contributed by atoms with van der Waals surface area (Å²) in [5.74, 6) is -0.555. The Morgan fingerprint density at radius 1 is 1.30 bits per heavy atom. The highest BCUT2D eigenvalue weighted by atomic mass is 32.2. The van der Waals surface area contributed by atoms with E-state index in [-0.39, 0.29) is 18.3 Å². The van der Waals surface area contributed by atoms with Gasteiger partial charge in [0.05, 0.1) is 6.61 Å². The highest BCUT2D eigenvalue weighted by Gasteiger charge is 2.18. The van der Waals surface area contributed by atoms with Crippen molar-refractivity contribution in [2.75, 3.05) is 6.61 Å². The molecular weight excluding hydrogens is 363 g/mol. The average Bonchev–Trinajstić information content (AvgIpc) is 3.20. The van der Waals surface area contributed by atoms with Gasteiger partial charge in [0, 0.05) is 28.0 Å². The number of rotatable bonds is 5. The Balaban J connectivity index is 1.76. The van der Waals surface area contributed by atoms with Crippen LogP contribution in [-0.4, -0.2) is 17.1 Å². The van der Waals surface area contributed by atoms with Gasteiger partial charge in [0.1, 0.15) is 12.4 Å². The second-order valence-corrected chi connectivity index (χ2v) is 7.59. The van der Waals surface area contributed by atoms with Crippen LogP contribution < -0.4 is 4.72 Å². The van der Waals surface area contributed by atoms with Gasteiger partial charge in [-0.1, -0.05) is 12.1 Å². The summed E-state index contributed by atoms with van der Waals surface area (Å²) in [5, 5.41) is 0.852. The number of ether oxygens (including phenoxy) is 1. The molecule has 2 heterocycles. The molecule has 4 nitrogen and oxygen atoms in total. The van der Waals surface area contributed by atoms with Crippen LogP contribution in [0.5, 0.6) is 0 Å². The number of carbonyl (C=O) groups excluding carboxylic acids is 1. The first-order chi connectivity index (χ1) is 13.1. The highest BCUT2D eigenvalue weighted by molar-refractivity contribution is 7.97. The van der Waals surface area contributed by atoms with E-state index in [1.807, 2.05) is 11.5 Å². The molecule has 0 bridgehead atoms. The molecule has 6 heteroatoms. The number of aromatic nitrogens is 1. The number of carbonyl (C=O) groups is 1. The summed E-state index contributed by atoms with van der Waals surface area (Å²) in [6, 6.07) is 11.2. The van der Waals surface area contributed by atoms with Gasteiger partial charge in [-0.25, -0.2) is 4.39 Å². The molecule has 1 aliphatic heterocycles. The maximum absolute atomic E-state index is 13.9. The Kier molecular flexibility index (Phi) is 4.93. The lowest BCUT2D eigenvalue weighted by Gasteiger charge is -2.09. The Labute approximate surface area is 161 Å². The van der Waals surface area contributed by atoms with Gasteiger partial charge >= 0.3 is 5.97 Å². The lowest BCUT2D eigenvalue weighted by atomic mass is 10.0. The summed E-state index contributed by atoms with van der Waals surface area (Å²) in [6.45, 7) is 5.11. The summed E-state index contributed by atoms with van der Waals surface area (Å²) in [7, 11) is 0. The lowest BCUT2D eigenvalue weighted by molar-refractivity contribution is -0.143. The second-order valence-electron chi connectivity index (χ2n) is 6.66. The van der Waals surface area contributed by atoms with Crippen molar-refractivity contribution in [1.82, 2.24) is 9.29 Å². The molecule has 1 N–H and O–H groups in total. The van der Waals surface area contributed by atoms with E-state index >= 15 is 0 Å². The van der Waals surface area contributed by atoms with Crippen LogP contribution in [0.3, 0.4) is 0 Å². The van der Waals surface area contributed by atoms with Crippen molar-refractivity contribution in [1.29, 1.82) is 0 Å². The fourth-order valence-corrected chi connectivity index (χ4v) is 4.44. The van der Waals surface area contributed by atoms with Gasteiger partial charge in [-0.15, -0.1) is 0 Å². The Morgan fingerprint density at radius 2 is 2.15 bits per heavy atom. The van der Waals surface area contributed by atoms with Crippen molar-refractivity contribution in [3.8, 4) is 0 Å². The Bertz CT molecular complexity index is 1030. The van der Waals surface area contributed by atoms with E-state index in [9.17, 15) is 9.18 Å². The summed E-state index contributed by atoms with van der Waals surface area (Å²) in [4.78, 5) is 13.3. The zero-order valence-corrected chi connectivity index (χ0v) is 16.2. The molecule has 0 saturated carbocycles. The monoisotopic (exact) mass is 384 g/mol. The van der Waals surface area contributed by atoms with Crippen LogP contribution in [0.4, 0.5) is 4.39 Å². The quantitative estimate of drug-likeness (QED) is 0.525. The summed E-state index contributed by atoms with van der Waals surface area (Å²) >= 11 is 1.65. The first-order valence-electron chi connectivity index (χ1n) is 9.01. The van der Waals surface area contributed by atoms with Gasteiger partial charge in [-0.2, -0.15) is 0 Å². The van der Waals surface area contributed by atoms with Crippen molar-refractivity contribution < 1.29 is 13.9 Å². The number of benzene rings is 2. The van der Waals surface area contributed by atoms with E-state index in [1.54, 1.807) is 31.0 Å². The minimum absolute atomic E-state index is 0.132. The summed E-state index contributed by atoms with van der Waals surface area (Å²) in [6.07, 6.45) is 0.694. The lowest BCUT2D eigenvalue weighted by Crippen LogP contribution is -2.14. The third-order valence-electron chi connectivity index (χ3n) is 4.96. The molecule has 140 valence electrons. The van der Waals surface area contributed by atoms with Crippen LogP contribution in [0, 0.1) is 12.7 Å². The average molecular weight is 384 g/mol. The molecule has 0 radical (unpaired) electrons. The maximum atomic E-state index is 13.9. The highest BCUT2D eigenvalue weighted by Crippen LogP contribution is 2.32. The normalized spacial score (nSPS) is 13.1. The molecular formula is C21H21FN2O2S. The fraction of sp³-hybridized carbons (Fsp3) is 0.286. The number of esters is 1. The molecule has 0 aliphatic carbocycles.